The summed E-state index contributed by atoms with van der Waals surface area (Å²) in [6, 6.07) is 0.377. The van der Waals surface area contributed by atoms with Gasteiger partial charge >= 0.3 is 0 Å². The lowest BCUT2D eigenvalue weighted by atomic mass is 9.74. The maximum absolute atomic E-state index is 6.35. The van der Waals surface area contributed by atoms with Gasteiger partial charge in [0.25, 0.3) is 0 Å². The Kier molecular flexibility index (Phi) is 5.19. The van der Waals surface area contributed by atoms with E-state index in [0.29, 0.717) is 12.0 Å². The first-order valence-electron chi connectivity index (χ1n) is 7.23. The first-order valence-corrected chi connectivity index (χ1v) is 8.38. The third kappa shape index (κ3) is 3.62. The summed E-state index contributed by atoms with van der Waals surface area (Å²) < 4.78 is 6.13. The highest BCUT2D eigenvalue weighted by atomic mass is 32.2. The van der Waals surface area contributed by atoms with Crippen molar-refractivity contribution in [2.75, 3.05) is 18.1 Å². The molecule has 3 heteroatoms. The van der Waals surface area contributed by atoms with Crippen LogP contribution in [0.15, 0.2) is 0 Å². The van der Waals surface area contributed by atoms with E-state index in [2.05, 4.69) is 6.92 Å². The van der Waals surface area contributed by atoms with Crippen LogP contribution in [0.5, 0.6) is 0 Å². The molecule has 2 fully saturated rings. The van der Waals surface area contributed by atoms with Gasteiger partial charge in [0.1, 0.15) is 0 Å². The smallest absolute Gasteiger partial charge is 0.0685 e. The number of hydrogen-bond donors (Lipinski definition) is 1. The fourth-order valence-electron chi connectivity index (χ4n) is 3.37. The van der Waals surface area contributed by atoms with Crippen LogP contribution in [0.3, 0.4) is 0 Å². The van der Waals surface area contributed by atoms with Crippen LogP contribution in [0, 0.1) is 5.92 Å². The van der Waals surface area contributed by atoms with E-state index in [-0.39, 0.29) is 5.60 Å². The maximum Gasteiger partial charge on any atom is 0.0685 e. The fourth-order valence-corrected chi connectivity index (χ4v) is 4.15. The van der Waals surface area contributed by atoms with Crippen molar-refractivity contribution >= 4 is 11.8 Å². The van der Waals surface area contributed by atoms with E-state index in [0.717, 1.165) is 12.4 Å². The summed E-state index contributed by atoms with van der Waals surface area (Å²) in [5.74, 6) is 3.00. The topological polar surface area (TPSA) is 35.2 Å². The molecule has 0 bridgehead atoms. The SMILES string of the molecule is CCSCC(N)C1CCOC2(CCCCC2)C1. The van der Waals surface area contributed by atoms with Crippen LogP contribution < -0.4 is 5.73 Å². The average Bonchev–Trinajstić information content (AvgIpc) is 2.37. The molecule has 17 heavy (non-hydrogen) atoms. The highest BCUT2D eigenvalue weighted by Crippen LogP contribution is 2.41. The summed E-state index contributed by atoms with van der Waals surface area (Å²) in [5.41, 5.74) is 6.57. The lowest BCUT2D eigenvalue weighted by Gasteiger charge is -2.45. The molecule has 2 atom stereocenters. The van der Waals surface area contributed by atoms with E-state index in [4.69, 9.17) is 10.5 Å². The molecule has 2 aliphatic rings. The summed E-state index contributed by atoms with van der Waals surface area (Å²) in [7, 11) is 0. The largest absolute Gasteiger partial charge is 0.375 e. The molecule has 1 aliphatic carbocycles. The standard InChI is InChI=1S/C14H27NOS/c1-2-17-11-13(15)12-6-9-16-14(10-12)7-4-3-5-8-14/h12-13H,2-11,15H2,1H3. The first kappa shape index (κ1) is 13.7. The molecule has 1 saturated carbocycles. The molecule has 0 aromatic heterocycles. The number of ether oxygens (including phenoxy) is 1. The molecule has 2 rings (SSSR count). The van der Waals surface area contributed by atoms with Gasteiger partial charge in [0.05, 0.1) is 5.60 Å². The van der Waals surface area contributed by atoms with Gasteiger partial charge in [0.2, 0.25) is 0 Å². The van der Waals surface area contributed by atoms with Gasteiger partial charge in [-0.1, -0.05) is 26.2 Å². The van der Waals surface area contributed by atoms with Gasteiger partial charge in [-0.15, -0.1) is 0 Å². The Morgan fingerprint density at radius 1 is 1.35 bits per heavy atom. The summed E-state index contributed by atoms with van der Waals surface area (Å²) in [4.78, 5) is 0. The van der Waals surface area contributed by atoms with Crippen molar-refractivity contribution in [1.82, 2.24) is 0 Å². The van der Waals surface area contributed by atoms with Crippen LogP contribution in [-0.2, 0) is 4.74 Å². The van der Waals surface area contributed by atoms with Crippen molar-refractivity contribution in [2.24, 2.45) is 11.7 Å². The van der Waals surface area contributed by atoms with Gasteiger partial charge in [-0.2, -0.15) is 11.8 Å². The quantitative estimate of drug-likeness (QED) is 0.840. The van der Waals surface area contributed by atoms with E-state index >= 15 is 0 Å². The van der Waals surface area contributed by atoms with E-state index in [9.17, 15) is 0 Å². The Hall–Kier alpha value is 0.270. The zero-order valence-electron chi connectivity index (χ0n) is 11.1. The first-order chi connectivity index (χ1) is 8.26. The monoisotopic (exact) mass is 257 g/mol. The molecule has 1 saturated heterocycles. The molecule has 1 heterocycles. The second-order valence-corrected chi connectivity index (χ2v) is 6.99. The highest BCUT2D eigenvalue weighted by Gasteiger charge is 2.39. The molecule has 2 unspecified atom stereocenters. The third-order valence-corrected chi connectivity index (χ3v) is 5.44. The van der Waals surface area contributed by atoms with Crippen molar-refractivity contribution < 1.29 is 4.74 Å². The van der Waals surface area contributed by atoms with Gasteiger partial charge in [-0.3, -0.25) is 0 Å². The molecule has 0 aromatic carbocycles. The molecule has 100 valence electrons. The van der Waals surface area contributed by atoms with Crippen LogP contribution in [-0.4, -0.2) is 29.8 Å². The molecule has 2 nitrogen and oxygen atoms in total. The van der Waals surface area contributed by atoms with Crippen molar-refractivity contribution in [3.05, 3.63) is 0 Å². The minimum atomic E-state index is 0.218. The molecule has 0 aromatic rings. The summed E-state index contributed by atoms with van der Waals surface area (Å²) in [6.07, 6.45) is 9.05. The van der Waals surface area contributed by atoms with Gasteiger partial charge in [-0.05, 0) is 37.4 Å². The van der Waals surface area contributed by atoms with Gasteiger partial charge in [0, 0.05) is 18.4 Å². The van der Waals surface area contributed by atoms with Crippen molar-refractivity contribution in [3.63, 3.8) is 0 Å². The highest BCUT2D eigenvalue weighted by molar-refractivity contribution is 7.99. The molecule has 0 amide bonds. The second-order valence-electron chi connectivity index (χ2n) is 5.67. The van der Waals surface area contributed by atoms with Crippen molar-refractivity contribution in [3.8, 4) is 0 Å². The predicted octanol–water partition coefficient (Wildman–Crippen LogP) is 3.20. The fraction of sp³-hybridized carbons (Fsp3) is 1.00. The zero-order valence-corrected chi connectivity index (χ0v) is 11.9. The van der Waals surface area contributed by atoms with Crippen LogP contribution in [0.2, 0.25) is 0 Å². The predicted molar refractivity (Wildman–Crippen MR) is 75.5 cm³/mol. The van der Waals surface area contributed by atoms with Crippen LogP contribution in [0.4, 0.5) is 0 Å². The van der Waals surface area contributed by atoms with Gasteiger partial charge in [-0.25, -0.2) is 0 Å². The van der Waals surface area contributed by atoms with Crippen LogP contribution in [0.25, 0.3) is 0 Å². The molecular formula is C14H27NOS. The Bertz CT molecular complexity index is 223. The number of rotatable bonds is 4. The van der Waals surface area contributed by atoms with Crippen molar-refractivity contribution in [2.45, 2.75) is 63.5 Å². The van der Waals surface area contributed by atoms with E-state index in [1.54, 1.807) is 0 Å². The minimum absolute atomic E-state index is 0.218. The molecule has 2 N–H and O–H groups in total. The summed E-state index contributed by atoms with van der Waals surface area (Å²) >= 11 is 1.98. The van der Waals surface area contributed by atoms with Gasteiger partial charge < -0.3 is 10.5 Å². The minimum Gasteiger partial charge on any atom is -0.375 e. The van der Waals surface area contributed by atoms with E-state index < -0.39 is 0 Å². The molecular weight excluding hydrogens is 230 g/mol. The van der Waals surface area contributed by atoms with E-state index in [1.807, 2.05) is 11.8 Å². The zero-order chi connectivity index (χ0) is 12.1. The number of hydrogen-bond acceptors (Lipinski definition) is 3. The second kappa shape index (κ2) is 6.44. The molecule has 1 aliphatic heterocycles. The Balaban J connectivity index is 1.87. The molecule has 0 radical (unpaired) electrons. The van der Waals surface area contributed by atoms with Crippen LogP contribution >= 0.6 is 11.8 Å². The summed E-state index contributed by atoms with van der Waals surface area (Å²) in [5, 5.41) is 0. The Morgan fingerprint density at radius 2 is 2.12 bits per heavy atom. The molecule has 1 spiro atoms. The lowest BCUT2D eigenvalue weighted by Crippen LogP contribution is -2.47. The summed E-state index contributed by atoms with van der Waals surface area (Å²) in [6.45, 7) is 3.15. The van der Waals surface area contributed by atoms with E-state index in [1.165, 1.54) is 50.7 Å². The third-order valence-electron chi connectivity index (χ3n) is 4.42. The van der Waals surface area contributed by atoms with Gasteiger partial charge in [0.15, 0.2) is 0 Å². The number of nitrogens with two attached hydrogens (primary N) is 1. The van der Waals surface area contributed by atoms with Crippen molar-refractivity contribution in [1.29, 1.82) is 0 Å². The Labute approximate surface area is 110 Å². The number of thioether (sulfide) groups is 1. The maximum atomic E-state index is 6.35. The van der Waals surface area contributed by atoms with Crippen LogP contribution in [0.1, 0.15) is 51.9 Å². The Morgan fingerprint density at radius 3 is 2.82 bits per heavy atom. The average molecular weight is 257 g/mol. The lowest BCUT2D eigenvalue weighted by molar-refractivity contribution is -0.119. The normalized spacial score (nSPS) is 30.4.